The molecule has 0 amide bonds. The Kier molecular flexibility index (Phi) is 3.76. The van der Waals surface area contributed by atoms with Crippen LogP contribution in [0.3, 0.4) is 0 Å². The van der Waals surface area contributed by atoms with E-state index in [1.54, 1.807) is 12.1 Å². The van der Waals surface area contributed by atoms with Gasteiger partial charge in [-0.3, -0.25) is 5.41 Å². The van der Waals surface area contributed by atoms with Crippen LogP contribution in [0.25, 0.3) is 5.69 Å². The summed E-state index contributed by atoms with van der Waals surface area (Å²) in [4.78, 5) is 4.09. The Morgan fingerprint density at radius 1 is 1.05 bits per heavy atom. The highest BCUT2D eigenvalue weighted by Crippen LogP contribution is 2.16. The van der Waals surface area contributed by atoms with E-state index in [1.807, 2.05) is 42.5 Å². The summed E-state index contributed by atoms with van der Waals surface area (Å²) in [6.07, 6.45) is 0. The van der Waals surface area contributed by atoms with Crippen molar-refractivity contribution in [2.75, 3.05) is 11.1 Å². The zero-order chi connectivity index (χ0) is 15.5. The van der Waals surface area contributed by atoms with Gasteiger partial charge in [-0.2, -0.15) is 4.98 Å². The van der Waals surface area contributed by atoms with E-state index >= 15 is 0 Å². The van der Waals surface area contributed by atoms with Gasteiger partial charge in [-0.15, -0.1) is 5.10 Å². The molecule has 0 saturated carbocycles. The molecule has 0 aliphatic carbocycles. The zero-order valence-electron chi connectivity index (χ0n) is 11.5. The number of nitrogens with two attached hydrogens (primary N) is 1. The number of halogens is 1. The highest BCUT2D eigenvalue weighted by molar-refractivity contribution is 6.30. The van der Waals surface area contributed by atoms with Crippen LogP contribution in [0.4, 0.5) is 17.5 Å². The van der Waals surface area contributed by atoms with Crippen LogP contribution in [0.15, 0.2) is 54.6 Å². The van der Waals surface area contributed by atoms with Gasteiger partial charge < -0.3 is 11.1 Å². The normalized spacial score (nSPS) is 10.4. The summed E-state index contributed by atoms with van der Waals surface area (Å²) in [6.45, 7) is 0. The van der Waals surface area contributed by atoms with Gasteiger partial charge in [0.2, 0.25) is 5.95 Å². The molecule has 0 atom stereocenters. The molecule has 0 radical (unpaired) electrons. The van der Waals surface area contributed by atoms with Crippen molar-refractivity contribution in [1.82, 2.24) is 14.8 Å². The Morgan fingerprint density at radius 2 is 1.73 bits per heavy atom. The molecule has 0 aliphatic rings. The molecule has 4 N–H and O–H groups in total. The van der Waals surface area contributed by atoms with Gasteiger partial charge in [-0.05, 0) is 36.4 Å². The van der Waals surface area contributed by atoms with Crippen LogP contribution in [-0.2, 0) is 0 Å². The Morgan fingerprint density at radius 3 is 2.41 bits per heavy atom. The summed E-state index contributed by atoms with van der Waals surface area (Å²) in [5.74, 6) is 0.398. The summed E-state index contributed by atoms with van der Waals surface area (Å²) < 4.78 is 1.43. The second-order valence-corrected chi connectivity index (χ2v) is 4.98. The molecule has 0 aliphatic heterocycles. The van der Waals surface area contributed by atoms with E-state index in [0.29, 0.717) is 11.0 Å². The molecule has 110 valence electrons. The minimum atomic E-state index is 0.0351. The molecule has 2 aromatic carbocycles. The molecule has 0 fully saturated rings. The van der Waals surface area contributed by atoms with Crippen LogP contribution in [0.2, 0.25) is 5.02 Å². The average Bonchev–Trinajstić information content (AvgIpc) is 2.54. The zero-order valence-corrected chi connectivity index (χ0v) is 12.2. The molecular weight excluding hydrogens is 300 g/mol. The van der Waals surface area contributed by atoms with Gasteiger partial charge in [0.25, 0.3) is 0 Å². The molecular formula is C15H13ClN6. The van der Waals surface area contributed by atoms with E-state index < -0.39 is 0 Å². The Bertz CT molecular complexity index is 842. The second kappa shape index (κ2) is 5.87. The molecule has 3 aromatic rings. The average molecular weight is 313 g/mol. The quantitative estimate of drug-likeness (QED) is 0.693. The fourth-order valence-electron chi connectivity index (χ4n) is 1.91. The fraction of sp³-hybridized carbons (Fsp3) is 0. The number of nitrogens with zero attached hydrogens (tertiary/aromatic N) is 3. The maximum atomic E-state index is 8.01. The number of benzene rings is 2. The van der Waals surface area contributed by atoms with Gasteiger partial charge >= 0.3 is 0 Å². The number of hydrogen-bond donors (Lipinski definition) is 3. The number of nitrogen functional groups attached to an aromatic ring is 1. The predicted molar refractivity (Wildman–Crippen MR) is 86.4 cm³/mol. The summed E-state index contributed by atoms with van der Waals surface area (Å²) in [5.41, 5.74) is 7.37. The highest BCUT2D eigenvalue weighted by Gasteiger charge is 2.07. The van der Waals surface area contributed by atoms with Crippen LogP contribution in [0.1, 0.15) is 0 Å². The van der Waals surface area contributed by atoms with Crippen LogP contribution in [0.5, 0.6) is 0 Å². The largest absolute Gasteiger partial charge is 0.380 e. The summed E-state index contributed by atoms with van der Waals surface area (Å²) in [5, 5.41) is 16.0. The molecule has 0 bridgehead atoms. The standard InChI is InChI=1S/C15H13ClN6/c16-10-6-8-11(9-7-10)19-15-20-13(17)14(18)22(21-15)12-4-2-1-3-5-12/h1-9,18H,(H3,17,19,20,21). The first-order valence-corrected chi connectivity index (χ1v) is 6.91. The van der Waals surface area contributed by atoms with Crippen LogP contribution < -0.4 is 16.5 Å². The van der Waals surface area contributed by atoms with Gasteiger partial charge in [0.15, 0.2) is 11.3 Å². The second-order valence-electron chi connectivity index (χ2n) is 4.55. The topological polar surface area (TPSA) is 92.6 Å². The van der Waals surface area contributed by atoms with Gasteiger partial charge in [-0.25, -0.2) is 4.68 Å². The Labute approximate surface area is 131 Å². The summed E-state index contributed by atoms with van der Waals surface area (Å²) in [6, 6.07) is 16.5. The molecule has 7 heteroatoms. The first-order chi connectivity index (χ1) is 10.6. The smallest absolute Gasteiger partial charge is 0.247 e. The van der Waals surface area contributed by atoms with E-state index in [1.165, 1.54) is 4.68 Å². The molecule has 22 heavy (non-hydrogen) atoms. The van der Waals surface area contributed by atoms with Crippen molar-refractivity contribution in [3.05, 3.63) is 65.1 Å². The number of anilines is 3. The third-order valence-corrected chi connectivity index (χ3v) is 3.23. The molecule has 6 nitrogen and oxygen atoms in total. The third kappa shape index (κ3) is 2.91. The van der Waals surface area contributed by atoms with Gasteiger partial charge in [0, 0.05) is 10.7 Å². The fourth-order valence-corrected chi connectivity index (χ4v) is 2.04. The lowest BCUT2D eigenvalue weighted by atomic mass is 10.3. The summed E-state index contributed by atoms with van der Waals surface area (Å²) in [7, 11) is 0. The predicted octanol–water partition coefficient (Wildman–Crippen LogP) is 2.73. The minimum absolute atomic E-state index is 0.0351. The maximum absolute atomic E-state index is 8.01. The number of para-hydroxylation sites is 1. The van der Waals surface area contributed by atoms with Gasteiger partial charge in [0.05, 0.1) is 5.69 Å². The molecule has 3 rings (SSSR count). The SMILES string of the molecule is N=c1c(N)nc(Nc2ccc(Cl)cc2)nn1-c1ccccc1. The number of hydrogen-bond acceptors (Lipinski definition) is 5. The van der Waals surface area contributed by atoms with Crippen molar-refractivity contribution >= 4 is 29.1 Å². The lowest BCUT2D eigenvalue weighted by molar-refractivity contribution is 0.761. The van der Waals surface area contributed by atoms with E-state index in [0.717, 1.165) is 11.4 Å². The lowest BCUT2D eigenvalue weighted by Gasteiger charge is -2.10. The van der Waals surface area contributed by atoms with E-state index in [4.69, 9.17) is 22.7 Å². The van der Waals surface area contributed by atoms with Crippen molar-refractivity contribution in [3.63, 3.8) is 0 Å². The van der Waals surface area contributed by atoms with Crippen molar-refractivity contribution < 1.29 is 0 Å². The van der Waals surface area contributed by atoms with Crippen LogP contribution in [0, 0.1) is 5.41 Å². The van der Waals surface area contributed by atoms with Crippen molar-refractivity contribution in [2.24, 2.45) is 0 Å². The van der Waals surface area contributed by atoms with E-state index in [-0.39, 0.29) is 11.3 Å². The molecule has 0 spiro atoms. The Balaban J connectivity index is 2.01. The van der Waals surface area contributed by atoms with Crippen LogP contribution in [-0.4, -0.2) is 14.8 Å². The number of aromatic nitrogens is 3. The summed E-state index contributed by atoms with van der Waals surface area (Å²) >= 11 is 5.86. The highest BCUT2D eigenvalue weighted by atomic mass is 35.5. The molecule has 1 aromatic heterocycles. The van der Waals surface area contributed by atoms with Crippen molar-refractivity contribution in [2.45, 2.75) is 0 Å². The minimum Gasteiger partial charge on any atom is -0.380 e. The third-order valence-electron chi connectivity index (χ3n) is 2.98. The first-order valence-electron chi connectivity index (χ1n) is 6.53. The van der Waals surface area contributed by atoms with Crippen LogP contribution >= 0.6 is 11.6 Å². The molecule has 0 saturated heterocycles. The maximum Gasteiger partial charge on any atom is 0.247 e. The molecule has 0 unspecified atom stereocenters. The van der Waals surface area contributed by atoms with E-state index in [2.05, 4.69) is 15.4 Å². The number of nitrogens with one attached hydrogen (secondary N) is 2. The van der Waals surface area contributed by atoms with Crippen molar-refractivity contribution in [3.8, 4) is 5.69 Å². The van der Waals surface area contributed by atoms with Gasteiger partial charge in [-0.1, -0.05) is 29.8 Å². The van der Waals surface area contributed by atoms with Gasteiger partial charge in [0.1, 0.15) is 0 Å². The molecule has 1 heterocycles. The van der Waals surface area contributed by atoms with E-state index in [9.17, 15) is 0 Å². The van der Waals surface area contributed by atoms with Crippen molar-refractivity contribution in [1.29, 1.82) is 5.41 Å². The number of rotatable bonds is 3. The lowest BCUT2D eigenvalue weighted by Crippen LogP contribution is -2.26. The Hall–Kier alpha value is -2.86. The first kappa shape index (κ1) is 14.1. The monoisotopic (exact) mass is 312 g/mol.